The zero-order valence-corrected chi connectivity index (χ0v) is 8.84. The van der Waals surface area contributed by atoms with E-state index in [2.05, 4.69) is 4.98 Å². The highest BCUT2D eigenvalue weighted by Crippen LogP contribution is 2.23. The highest BCUT2D eigenvalue weighted by molar-refractivity contribution is 14.1. The summed E-state index contributed by atoms with van der Waals surface area (Å²) in [6, 6.07) is 3.00. The Labute approximate surface area is 87.7 Å². The van der Waals surface area contributed by atoms with Crippen LogP contribution in [0.25, 0.3) is 0 Å². The molecule has 5 heteroatoms. The minimum Gasteiger partial charge on any atom is -0.245 e. The van der Waals surface area contributed by atoms with E-state index in [1.165, 1.54) is 13.0 Å². The maximum Gasteiger partial charge on any atom is 0.265 e. The van der Waals surface area contributed by atoms with Gasteiger partial charge in [-0.05, 0) is 35.6 Å². The van der Waals surface area contributed by atoms with Crippen molar-refractivity contribution in [1.82, 2.24) is 4.98 Å². The van der Waals surface area contributed by atoms with Crippen molar-refractivity contribution in [3.05, 3.63) is 26.6 Å². The lowest BCUT2D eigenvalue weighted by Gasteiger charge is -2.04. The zero-order chi connectivity index (χ0) is 10.0. The van der Waals surface area contributed by atoms with Gasteiger partial charge in [-0.3, -0.25) is 0 Å². The highest BCUT2D eigenvalue weighted by atomic mass is 127. The molecule has 1 aromatic heterocycles. The molecule has 0 aliphatic heterocycles. The molecule has 0 amide bonds. The first-order valence-electron chi connectivity index (χ1n) is 3.41. The molecule has 13 heavy (non-hydrogen) atoms. The Balaban J connectivity index is 3.33. The summed E-state index contributed by atoms with van der Waals surface area (Å²) in [5.41, 5.74) is 0.303. The number of hydrogen-bond acceptors (Lipinski definition) is 2. The molecule has 1 heterocycles. The molecule has 0 spiro atoms. The lowest BCUT2D eigenvalue weighted by atomic mass is 10.1. The topological polar surface area (TPSA) is 36.7 Å². The van der Waals surface area contributed by atoms with Gasteiger partial charge >= 0.3 is 0 Å². The van der Waals surface area contributed by atoms with Gasteiger partial charge in [0, 0.05) is 11.3 Å². The predicted octanol–water partition coefficient (Wildman–Crippen LogP) is 2.80. The van der Waals surface area contributed by atoms with Gasteiger partial charge in [0.15, 0.2) is 0 Å². The van der Waals surface area contributed by atoms with Crippen molar-refractivity contribution < 1.29 is 8.78 Å². The third kappa shape index (κ3) is 2.12. The van der Waals surface area contributed by atoms with E-state index < -0.39 is 6.43 Å². The number of rotatable bonds is 1. The van der Waals surface area contributed by atoms with Crippen LogP contribution in [0.4, 0.5) is 8.78 Å². The molecule has 0 aromatic carbocycles. The van der Waals surface area contributed by atoms with E-state index in [-0.39, 0.29) is 16.8 Å². The molecule has 1 aromatic rings. The Morgan fingerprint density at radius 2 is 2.23 bits per heavy atom. The molecule has 68 valence electrons. The molecule has 1 rings (SSSR count). The summed E-state index contributed by atoms with van der Waals surface area (Å²) in [7, 11) is 0. The number of alkyl halides is 2. The van der Waals surface area contributed by atoms with Crippen LogP contribution < -0.4 is 0 Å². The first-order chi connectivity index (χ1) is 6.06. The average Bonchev–Trinajstić information content (AvgIpc) is 2.03. The molecule has 0 N–H and O–H groups in total. The van der Waals surface area contributed by atoms with E-state index in [0.29, 0.717) is 3.70 Å². The largest absolute Gasteiger partial charge is 0.265 e. The fourth-order valence-corrected chi connectivity index (χ4v) is 1.53. The van der Waals surface area contributed by atoms with E-state index in [1.54, 1.807) is 0 Å². The minimum absolute atomic E-state index is 0.169. The second-order valence-corrected chi connectivity index (χ2v) is 3.44. The predicted molar refractivity (Wildman–Crippen MR) is 51.4 cm³/mol. The summed E-state index contributed by atoms with van der Waals surface area (Å²) >= 11 is 1.85. The van der Waals surface area contributed by atoms with E-state index >= 15 is 0 Å². The van der Waals surface area contributed by atoms with Crippen molar-refractivity contribution in [2.75, 3.05) is 0 Å². The number of hydrogen-bond donors (Lipinski definition) is 0. The molecule has 0 saturated heterocycles. The fraction of sp³-hybridized carbons (Fsp3) is 0.250. The minimum atomic E-state index is -2.57. The average molecular weight is 294 g/mol. The molecule has 0 unspecified atom stereocenters. The molecule has 0 aliphatic carbocycles. The summed E-state index contributed by atoms with van der Waals surface area (Å²) in [5, 5.41) is 8.58. The Bertz CT molecular complexity index is 371. The molecule has 0 atom stereocenters. The van der Waals surface area contributed by atoms with Crippen LogP contribution in [0.1, 0.15) is 23.2 Å². The van der Waals surface area contributed by atoms with Crippen LogP contribution in [-0.4, -0.2) is 4.98 Å². The van der Waals surface area contributed by atoms with Crippen molar-refractivity contribution in [3.63, 3.8) is 0 Å². The number of nitriles is 1. The molecular weight excluding hydrogens is 289 g/mol. The second-order valence-electron chi connectivity index (χ2n) is 2.41. The van der Waals surface area contributed by atoms with Crippen LogP contribution in [0.15, 0.2) is 6.07 Å². The lowest BCUT2D eigenvalue weighted by molar-refractivity contribution is 0.150. The van der Waals surface area contributed by atoms with Crippen LogP contribution >= 0.6 is 22.6 Å². The number of pyridine rings is 1. The molecule has 0 bridgehead atoms. The quantitative estimate of drug-likeness (QED) is 0.590. The third-order valence-electron chi connectivity index (χ3n) is 1.56. The zero-order valence-electron chi connectivity index (χ0n) is 6.68. The van der Waals surface area contributed by atoms with Crippen molar-refractivity contribution in [1.29, 1.82) is 5.26 Å². The Hall–Kier alpha value is -0.770. The maximum atomic E-state index is 12.3. The van der Waals surface area contributed by atoms with Crippen LogP contribution in [-0.2, 0) is 0 Å². The number of halogens is 3. The van der Waals surface area contributed by atoms with Crippen molar-refractivity contribution >= 4 is 22.6 Å². The van der Waals surface area contributed by atoms with Gasteiger partial charge in [0.05, 0.1) is 5.56 Å². The van der Waals surface area contributed by atoms with Crippen LogP contribution in [0.3, 0.4) is 0 Å². The van der Waals surface area contributed by atoms with Crippen LogP contribution in [0.5, 0.6) is 0 Å². The van der Waals surface area contributed by atoms with Gasteiger partial charge in [-0.25, -0.2) is 13.8 Å². The summed E-state index contributed by atoms with van der Waals surface area (Å²) < 4.78 is 25.1. The van der Waals surface area contributed by atoms with Crippen LogP contribution in [0.2, 0.25) is 0 Å². The SMILES string of the molecule is Cc1nc(I)c(C#N)cc1C(F)F. The maximum absolute atomic E-state index is 12.3. The van der Waals surface area contributed by atoms with E-state index in [0.717, 1.165) is 0 Å². The molecule has 0 radical (unpaired) electrons. The number of aromatic nitrogens is 1. The van der Waals surface area contributed by atoms with Gasteiger partial charge in [0.1, 0.15) is 9.77 Å². The molecular formula is C8H5F2IN2. The van der Waals surface area contributed by atoms with E-state index in [1.807, 2.05) is 28.7 Å². The smallest absolute Gasteiger partial charge is 0.245 e. The molecule has 0 fully saturated rings. The molecule has 2 nitrogen and oxygen atoms in total. The first-order valence-corrected chi connectivity index (χ1v) is 4.49. The second kappa shape index (κ2) is 3.96. The standard InChI is InChI=1S/C8H5F2IN2/c1-4-6(7(9)10)2-5(3-12)8(11)13-4/h2,7H,1H3. The summed E-state index contributed by atoms with van der Waals surface area (Å²) in [6.07, 6.45) is -2.57. The van der Waals surface area contributed by atoms with Gasteiger partial charge in [0.25, 0.3) is 6.43 Å². The van der Waals surface area contributed by atoms with Gasteiger partial charge in [0.2, 0.25) is 0 Å². The van der Waals surface area contributed by atoms with Gasteiger partial charge in [-0.15, -0.1) is 0 Å². The fourth-order valence-electron chi connectivity index (χ4n) is 0.891. The Morgan fingerprint density at radius 3 is 2.69 bits per heavy atom. The lowest BCUT2D eigenvalue weighted by Crippen LogP contribution is -1.98. The molecule has 0 saturated carbocycles. The van der Waals surface area contributed by atoms with E-state index in [9.17, 15) is 8.78 Å². The van der Waals surface area contributed by atoms with Crippen molar-refractivity contribution in [2.45, 2.75) is 13.3 Å². The Morgan fingerprint density at radius 1 is 1.62 bits per heavy atom. The van der Waals surface area contributed by atoms with Gasteiger partial charge < -0.3 is 0 Å². The summed E-state index contributed by atoms with van der Waals surface area (Å²) in [5.74, 6) is 0. The number of nitrogens with zero attached hydrogens (tertiary/aromatic N) is 2. The first kappa shape index (κ1) is 10.3. The molecule has 0 aliphatic rings. The summed E-state index contributed by atoms with van der Waals surface area (Å²) in [6.45, 7) is 1.50. The third-order valence-corrected chi connectivity index (χ3v) is 2.38. The van der Waals surface area contributed by atoms with Crippen molar-refractivity contribution in [2.24, 2.45) is 0 Å². The van der Waals surface area contributed by atoms with Crippen molar-refractivity contribution in [3.8, 4) is 6.07 Å². The Kier molecular flexibility index (Phi) is 3.14. The van der Waals surface area contributed by atoms with Crippen LogP contribution in [0, 0.1) is 22.0 Å². The van der Waals surface area contributed by atoms with Gasteiger partial charge in [-0.1, -0.05) is 0 Å². The van der Waals surface area contributed by atoms with Gasteiger partial charge in [-0.2, -0.15) is 5.26 Å². The van der Waals surface area contributed by atoms with E-state index in [4.69, 9.17) is 5.26 Å². The summed E-state index contributed by atoms with van der Waals surface area (Å²) in [4.78, 5) is 3.85. The normalized spacial score (nSPS) is 10.2. The number of aryl methyl sites for hydroxylation is 1. The monoisotopic (exact) mass is 294 g/mol. The highest BCUT2D eigenvalue weighted by Gasteiger charge is 2.14.